The first-order valence-electron chi connectivity index (χ1n) is 17.5. The van der Waals surface area contributed by atoms with Gasteiger partial charge in [0.15, 0.2) is 0 Å². The van der Waals surface area contributed by atoms with Crippen LogP contribution in [0.2, 0.25) is 0 Å². The number of hydrogen-bond donors (Lipinski definition) is 0. The number of rotatable bonds is 7. The van der Waals surface area contributed by atoms with Gasteiger partial charge in [-0.25, -0.2) is 0 Å². The molecule has 0 saturated carbocycles. The van der Waals surface area contributed by atoms with Crippen molar-refractivity contribution in [1.29, 1.82) is 0 Å². The van der Waals surface area contributed by atoms with Crippen LogP contribution in [0.3, 0.4) is 0 Å². The average Bonchev–Trinajstić information content (AvgIpc) is 3.21. The van der Waals surface area contributed by atoms with Crippen molar-refractivity contribution < 1.29 is 0 Å². The van der Waals surface area contributed by atoms with E-state index in [1.54, 1.807) is 0 Å². The first kappa shape index (κ1) is 30.4. The Morgan fingerprint density at radius 3 is 1.61 bits per heavy atom. The highest BCUT2D eigenvalue weighted by atomic mass is 15.1. The van der Waals surface area contributed by atoms with Gasteiger partial charge < -0.3 is 4.90 Å². The van der Waals surface area contributed by atoms with Crippen LogP contribution >= 0.6 is 0 Å². The summed E-state index contributed by atoms with van der Waals surface area (Å²) in [6.07, 6.45) is 0. The number of anilines is 3. The van der Waals surface area contributed by atoms with E-state index in [4.69, 9.17) is 0 Å². The molecule has 9 rings (SSSR count). The minimum Gasteiger partial charge on any atom is -0.309 e. The maximum Gasteiger partial charge on any atom is 0.0546 e. The molecule has 9 aromatic rings. The molecule has 0 fully saturated rings. The van der Waals surface area contributed by atoms with Crippen LogP contribution in [0.15, 0.2) is 212 Å². The Balaban J connectivity index is 1.35. The molecule has 0 heterocycles. The second-order valence-corrected chi connectivity index (χ2v) is 12.9. The molecule has 9 aromatic carbocycles. The SMILES string of the molecule is c1ccc(-c2ccc(N(c3ccccc3-c3ccccc3)c3cccc(-c4ccc5ccccc5c4)c3-c3cccc4ccccc34)cc2)cc1. The molecule has 0 radical (unpaired) electrons. The van der Waals surface area contributed by atoms with E-state index in [0.29, 0.717) is 0 Å². The van der Waals surface area contributed by atoms with E-state index in [1.165, 1.54) is 66.1 Å². The van der Waals surface area contributed by atoms with Gasteiger partial charge in [0.25, 0.3) is 0 Å². The van der Waals surface area contributed by atoms with Crippen LogP contribution in [0, 0.1) is 0 Å². The summed E-state index contributed by atoms with van der Waals surface area (Å²) >= 11 is 0. The van der Waals surface area contributed by atoms with E-state index in [-0.39, 0.29) is 0 Å². The first-order valence-corrected chi connectivity index (χ1v) is 17.5. The van der Waals surface area contributed by atoms with E-state index < -0.39 is 0 Å². The highest BCUT2D eigenvalue weighted by Gasteiger charge is 2.24. The standard InChI is InChI=1S/C50H35N/c1-3-15-36(16-4-1)38-31-33-43(34-32-38)51(48-27-12-11-24-45(48)40-18-5-2-6-19-40)49-28-14-25-46(42-30-29-37-17-7-8-21-41(37)35-42)50(49)47-26-13-22-39-20-9-10-23-44(39)47/h1-35H. The molecule has 0 aliphatic carbocycles. The number of nitrogens with zero attached hydrogens (tertiary/aromatic N) is 1. The normalized spacial score (nSPS) is 11.1. The summed E-state index contributed by atoms with van der Waals surface area (Å²) in [4.78, 5) is 2.46. The van der Waals surface area contributed by atoms with Gasteiger partial charge in [-0.1, -0.05) is 182 Å². The fraction of sp³-hybridized carbons (Fsp3) is 0. The van der Waals surface area contributed by atoms with Gasteiger partial charge in [0, 0.05) is 16.8 Å². The van der Waals surface area contributed by atoms with E-state index in [0.717, 1.165) is 17.1 Å². The second kappa shape index (κ2) is 13.3. The summed E-state index contributed by atoms with van der Waals surface area (Å²) < 4.78 is 0. The van der Waals surface area contributed by atoms with E-state index in [2.05, 4.69) is 217 Å². The third-order valence-electron chi connectivity index (χ3n) is 9.87. The lowest BCUT2D eigenvalue weighted by molar-refractivity contribution is 1.28. The molecule has 240 valence electrons. The van der Waals surface area contributed by atoms with Gasteiger partial charge in [-0.05, 0) is 85.3 Å². The van der Waals surface area contributed by atoms with Crippen molar-refractivity contribution in [2.24, 2.45) is 0 Å². The van der Waals surface area contributed by atoms with Gasteiger partial charge >= 0.3 is 0 Å². The molecule has 0 aromatic heterocycles. The zero-order valence-electron chi connectivity index (χ0n) is 28.2. The number of fused-ring (bicyclic) bond motifs is 2. The zero-order valence-corrected chi connectivity index (χ0v) is 28.2. The van der Waals surface area contributed by atoms with Crippen LogP contribution in [0.4, 0.5) is 17.1 Å². The second-order valence-electron chi connectivity index (χ2n) is 12.9. The molecule has 0 unspecified atom stereocenters. The third-order valence-corrected chi connectivity index (χ3v) is 9.87. The molecule has 0 bridgehead atoms. The third kappa shape index (κ3) is 5.75. The van der Waals surface area contributed by atoms with Crippen molar-refractivity contribution in [1.82, 2.24) is 0 Å². The van der Waals surface area contributed by atoms with Gasteiger partial charge in [-0.2, -0.15) is 0 Å². The van der Waals surface area contributed by atoms with Gasteiger partial charge in [0.2, 0.25) is 0 Å². The summed E-state index contributed by atoms with van der Waals surface area (Å²) in [6.45, 7) is 0. The zero-order chi connectivity index (χ0) is 34.0. The van der Waals surface area contributed by atoms with Crippen LogP contribution in [-0.2, 0) is 0 Å². The highest BCUT2D eigenvalue weighted by Crippen LogP contribution is 2.49. The van der Waals surface area contributed by atoms with Crippen molar-refractivity contribution in [2.75, 3.05) is 4.90 Å². The molecule has 51 heavy (non-hydrogen) atoms. The van der Waals surface area contributed by atoms with Crippen molar-refractivity contribution in [2.45, 2.75) is 0 Å². The quantitative estimate of drug-likeness (QED) is 0.166. The Labute approximate surface area is 299 Å². The van der Waals surface area contributed by atoms with Crippen molar-refractivity contribution in [3.63, 3.8) is 0 Å². The van der Waals surface area contributed by atoms with Gasteiger partial charge in [-0.15, -0.1) is 0 Å². The monoisotopic (exact) mass is 649 g/mol. The lowest BCUT2D eigenvalue weighted by Crippen LogP contribution is -2.13. The van der Waals surface area contributed by atoms with Crippen LogP contribution in [-0.4, -0.2) is 0 Å². The molecule has 0 aliphatic heterocycles. The molecule has 1 nitrogen and oxygen atoms in total. The van der Waals surface area contributed by atoms with Crippen molar-refractivity contribution in [3.05, 3.63) is 212 Å². The Morgan fingerprint density at radius 2 is 0.804 bits per heavy atom. The molecule has 0 N–H and O–H groups in total. The maximum absolute atomic E-state index is 2.46. The lowest BCUT2D eigenvalue weighted by Gasteiger charge is -2.31. The Bertz CT molecular complexity index is 2620. The minimum absolute atomic E-state index is 1.09. The summed E-state index contributed by atoms with van der Waals surface area (Å²) in [6, 6.07) is 76.8. The molecule has 0 aliphatic rings. The Hall–Kier alpha value is -6.70. The van der Waals surface area contributed by atoms with Gasteiger partial charge in [0.1, 0.15) is 0 Å². The molecular weight excluding hydrogens is 615 g/mol. The van der Waals surface area contributed by atoms with Crippen molar-refractivity contribution in [3.8, 4) is 44.5 Å². The summed E-state index contributed by atoms with van der Waals surface area (Å²) in [7, 11) is 0. The molecule has 0 amide bonds. The minimum atomic E-state index is 1.09. The van der Waals surface area contributed by atoms with Gasteiger partial charge in [0.05, 0.1) is 11.4 Å². The summed E-state index contributed by atoms with van der Waals surface area (Å²) in [5, 5.41) is 4.91. The summed E-state index contributed by atoms with van der Waals surface area (Å²) in [5.74, 6) is 0. The lowest BCUT2D eigenvalue weighted by atomic mass is 9.88. The van der Waals surface area contributed by atoms with Crippen LogP contribution in [0.1, 0.15) is 0 Å². The Morgan fingerprint density at radius 1 is 0.275 bits per heavy atom. The number of para-hydroxylation sites is 1. The van der Waals surface area contributed by atoms with Crippen LogP contribution in [0.5, 0.6) is 0 Å². The van der Waals surface area contributed by atoms with Crippen molar-refractivity contribution >= 4 is 38.6 Å². The fourth-order valence-corrected chi connectivity index (χ4v) is 7.42. The number of hydrogen-bond acceptors (Lipinski definition) is 1. The predicted octanol–water partition coefficient (Wildman–Crippen LogP) is 14.1. The predicted molar refractivity (Wildman–Crippen MR) is 218 cm³/mol. The van der Waals surface area contributed by atoms with Crippen LogP contribution < -0.4 is 4.90 Å². The van der Waals surface area contributed by atoms with E-state index in [9.17, 15) is 0 Å². The maximum atomic E-state index is 2.46. The highest BCUT2D eigenvalue weighted by molar-refractivity contribution is 6.07. The van der Waals surface area contributed by atoms with E-state index >= 15 is 0 Å². The molecule has 0 saturated heterocycles. The topological polar surface area (TPSA) is 3.24 Å². The molecule has 0 atom stereocenters. The van der Waals surface area contributed by atoms with Crippen LogP contribution in [0.25, 0.3) is 66.1 Å². The number of benzene rings is 9. The first-order chi connectivity index (χ1) is 25.3. The Kier molecular flexibility index (Phi) is 7.92. The van der Waals surface area contributed by atoms with E-state index in [1.807, 2.05) is 0 Å². The summed E-state index contributed by atoms with van der Waals surface area (Å²) in [5.41, 5.74) is 12.9. The smallest absolute Gasteiger partial charge is 0.0546 e. The molecule has 1 heteroatoms. The fourth-order valence-electron chi connectivity index (χ4n) is 7.42. The molecular formula is C50H35N. The average molecular weight is 650 g/mol. The largest absolute Gasteiger partial charge is 0.309 e. The van der Waals surface area contributed by atoms with Gasteiger partial charge in [-0.3, -0.25) is 0 Å². The molecule has 0 spiro atoms.